The first kappa shape index (κ1) is 20.2. The van der Waals surface area contributed by atoms with Gasteiger partial charge in [0.05, 0.1) is 5.69 Å². The van der Waals surface area contributed by atoms with Gasteiger partial charge in [-0.1, -0.05) is 49.4 Å². The van der Waals surface area contributed by atoms with Gasteiger partial charge in [0.1, 0.15) is 5.82 Å². The molecular formula is C17H21N6O3S2-. The fourth-order valence-electron chi connectivity index (χ4n) is 2.54. The number of aromatic nitrogens is 4. The molecule has 9 nitrogen and oxygen atoms in total. The van der Waals surface area contributed by atoms with E-state index in [2.05, 4.69) is 20.4 Å². The van der Waals surface area contributed by atoms with E-state index in [1.165, 1.54) is 4.52 Å². The topological polar surface area (TPSA) is 130 Å². The highest BCUT2D eigenvalue weighted by molar-refractivity contribution is 7.90. The van der Waals surface area contributed by atoms with Crippen molar-refractivity contribution in [2.75, 3.05) is 11.6 Å². The van der Waals surface area contributed by atoms with Crippen molar-refractivity contribution in [2.24, 2.45) is 0 Å². The van der Waals surface area contributed by atoms with Crippen LogP contribution in [-0.4, -0.2) is 34.3 Å². The number of nitrogens with one attached hydrogen (secondary N) is 2. The molecule has 0 saturated carbocycles. The molecular weight excluding hydrogens is 400 g/mol. The highest BCUT2D eigenvalue weighted by atomic mass is 32.2. The Morgan fingerprint density at radius 3 is 2.39 bits per heavy atom. The number of hydrogen-bond acceptors (Lipinski definition) is 9. The third kappa shape index (κ3) is 4.65. The van der Waals surface area contributed by atoms with Gasteiger partial charge in [-0.25, -0.2) is 13.4 Å². The minimum absolute atomic E-state index is 0.133. The Morgan fingerprint density at radius 2 is 1.82 bits per heavy atom. The van der Waals surface area contributed by atoms with Gasteiger partial charge in [-0.15, -0.1) is 5.10 Å². The van der Waals surface area contributed by atoms with Crippen LogP contribution in [0.5, 0.6) is 0 Å². The number of fused-ring (bicyclic) bond motifs is 1. The van der Waals surface area contributed by atoms with Crippen LogP contribution >= 0.6 is 0 Å². The molecule has 0 unspecified atom stereocenters. The predicted molar refractivity (Wildman–Crippen MR) is 106 cm³/mol. The van der Waals surface area contributed by atoms with E-state index in [1.54, 1.807) is 0 Å². The standard InChI is InChI=1S/C17H21N6O3S2/c1-11(2)14-8-15(23-16(20-14)21-17(22-23)28(3,25)26)19-9-12-4-6-13(7-5-12)10-27(18)24/h4-8,11,18-19H,9-10H2,1-3H3/q-1. The summed E-state index contributed by atoms with van der Waals surface area (Å²) >= 11 is 0. The highest BCUT2D eigenvalue weighted by Crippen LogP contribution is 2.20. The van der Waals surface area contributed by atoms with Gasteiger partial charge >= 0.3 is 0 Å². The number of sulfone groups is 1. The van der Waals surface area contributed by atoms with Crippen LogP contribution < -0.4 is 5.32 Å². The van der Waals surface area contributed by atoms with Gasteiger partial charge in [-0.2, -0.15) is 20.1 Å². The van der Waals surface area contributed by atoms with Crippen LogP contribution in [0.1, 0.15) is 36.6 Å². The maximum Gasteiger partial charge on any atom is 0.268 e. The molecule has 0 atom stereocenters. The monoisotopic (exact) mass is 421 g/mol. The Morgan fingerprint density at radius 1 is 1.18 bits per heavy atom. The molecule has 11 heteroatoms. The zero-order valence-electron chi connectivity index (χ0n) is 15.7. The van der Waals surface area contributed by atoms with Crippen LogP contribution in [0.4, 0.5) is 5.82 Å². The molecule has 0 spiro atoms. The second kappa shape index (κ2) is 7.84. The van der Waals surface area contributed by atoms with E-state index in [-0.39, 0.29) is 22.6 Å². The summed E-state index contributed by atoms with van der Waals surface area (Å²) in [4.78, 5) is 8.45. The lowest BCUT2D eigenvalue weighted by molar-refractivity contribution is 0.592. The summed E-state index contributed by atoms with van der Waals surface area (Å²) in [6, 6.07) is 9.28. The van der Waals surface area contributed by atoms with Gasteiger partial charge in [0, 0.05) is 18.9 Å². The van der Waals surface area contributed by atoms with Gasteiger partial charge in [0.25, 0.3) is 10.9 Å². The minimum Gasteiger partial charge on any atom is -0.444 e. The van der Waals surface area contributed by atoms with Crippen molar-refractivity contribution in [3.05, 3.63) is 47.2 Å². The molecule has 0 aliphatic heterocycles. The quantitative estimate of drug-likeness (QED) is 0.560. The molecule has 0 fully saturated rings. The summed E-state index contributed by atoms with van der Waals surface area (Å²) in [6.45, 7) is 4.45. The van der Waals surface area contributed by atoms with Gasteiger partial charge in [-0.3, -0.25) is 0 Å². The summed E-state index contributed by atoms with van der Waals surface area (Å²) in [5.74, 6) is 1.15. The molecule has 2 heterocycles. The smallest absolute Gasteiger partial charge is 0.268 e. The second-order valence-corrected chi connectivity index (χ2v) is 9.65. The Balaban J connectivity index is 1.91. The fraction of sp³-hybridized carbons (Fsp3) is 0.353. The van der Waals surface area contributed by atoms with Crippen molar-refractivity contribution in [3.63, 3.8) is 0 Å². The SMILES string of the molecule is CC(C)c1cc(NCc2ccc(C[S-](=N)=O)cc2)n2nc(S(C)(=O)=O)nc2n1. The summed E-state index contributed by atoms with van der Waals surface area (Å²) in [5, 5.41) is 7.07. The predicted octanol–water partition coefficient (Wildman–Crippen LogP) is 2.49. The van der Waals surface area contributed by atoms with E-state index < -0.39 is 20.4 Å². The molecule has 0 bridgehead atoms. The number of hydrogen-bond donors (Lipinski definition) is 2. The van der Waals surface area contributed by atoms with Crippen molar-refractivity contribution in [1.29, 1.82) is 4.78 Å². The molecule has 0 saturated heterocycles. The minimum atomic E-state index is -3.55. The molecule has 0 amide bonds. The molecule has 1 aromatic carbocycles. The lowest BCUT2D eigenvalue weighted by Crippen LogP contribution is -2.08. The van der Waals surface area contributed by atoms with Gasteiger partial charge < -0.3 is 14.3 Å². The summed E-state index contributed by atoms with van der Waals surface area (Å²) < 4.78 is 43.1. The zero-order chi connectivity index (χ0) is 20.5. The van der Waals surface area contributed by atoms with Crippen LogP contribution in [0.25, 0.3) is 5.78 Å². The zero-order valence-corrected chi connectivity index (χ0v) is 17.3. The van der Waals surface area contributed by atoms with Crippen molar-refractivity contribution in [3.8, 4) is 0 Å². The van der Waals surface area contributed by atoms with E-state index >= 15 is 0 Å². The van der Waals surface area contributed by atoms with E-state index in [0.29, 0.717) is 12.4 Å². The van der Waals surface area contributed by atoms with Crippen LogP contribution in [0.3, 0.4) is 0 Å². The van der Waals surface area contributed by atoms with Gasteiger partial charge in [0.15, 0.2) is 0 Å². The Labute approximate surface area is 165 Å². The van der Waals surface area contributed by atoms with Crippen molar-refractivity contribution >= 4 is 32.0 Å². The van der Waals surface area contributed by atoms with Crippen molar-refractivity contribution < 1.29 is 12.6 Å². The van der Waals surface area contributed by atoms with Crippen molar-refractivity contribution in [2.45, 2.75) is 37.2 Å². The fourth-order valence-corrected chi connectivity index (χ4v) is 3.52. The highest BCUT2D eigenvalue weighted by Gasteiger charge is 2.18. The molecule has 3 aromatic rings. The Bertz CT molecular complexity index is 1170. The molecule has 28 heavy (non-hydrogen) atoms. The molecule has 0 radical (unpaired) electrons. The third-order valence-electron chi connectivity index (χ3n) is 4.03. The molecule has 150 valence electrons. The molecule has 3 rings (SSSR count). The van der Waals surface area contributed by atoms with Crippen molar-refractivity contribution in [1.82, 2.24) is 19.6 Å². The van der Waals surface area contributed by atoms with E-state index in [1.807, 2.05) is 44.2 Å². The molecule has 0 aliphatic rings. The van der Waals surface area contributed by atoms with Gasteiger partial charge in [-0.05, 0) is 11.5 Å². The van der Waals surface area contributed by atoms with E-state index in [4.69, 9.17) is 4.78 Å². The summed E-state index contributed by atoms with van der Waals surface area (Å²) in [5.41, 5.74) is 2.58. The van der Waals surface area contributed by atoms with Gasteiger partial charge in [0.2, 0.25) is 9.84 Å². The van der Waals surface area contributed by atoms with Crippen LogP contribution in [0.2, 0.25) is 0 Å². The number of benzene rings is 1. The lowest BCUT2D eigenvalue weighted by atomic mass is 10.1. The Kier molecular flexibility index (Phi) is 5.66. The Hall–Kier alpha value is -2.53. The normalized spacial score (nSPS) is 12.2. The third-order valence-corrected chi connectivity index (χ3v) is 5.46. The largest absolute Gasteiger partial charge is 0.444 e. The van der Waals surface area contributed by atoms with E-state index in [9.17, 15) is 12.6 Å². The van der Waals surface area contributed by atoms with Crippen LogP contribution in [0, 0.1) is 4.78 Å². The number of rotatable bonds is 7. The average Bonchev–Trinajstić information content (AvgIpc) is 3.05. The number of anilines is 1. The second-order valence-electron chi connectivity index (χ2n) is 6.76. The van der Waals surface area contributed by atoms with Crippen LogP contribution in [-0.2, 0) is 36.9 Å². The first-order chi connectivity index (χ1) is 13.1. The first-order valence-electron chi connectivity index (χ1n) is 8.52. The van der Waals surface area contributed by atoms with Crippen LogP contribution in [0.15, 0.2) is 35.5 Å². The molecule has 0 aliphatic carbocycles. The first-order valence-corrected chi connectivity index (χ1v) is 11.7. The lowest BCUT2D eigenvalue weighted by Gasteiger charge is -2.12. The molecule has 2 N–H and O–H groups in total. The summed E-state index contributed by atoms with van der Waals surface area (Å²) in [7, 11) is -5.17. The molecule has 2 aromatic heterocycles. The summed E-state index contributed by atoms with van der Waals surface area (Å²) in [6.07, 6.45) is 1.06. The number of nitrogens with zero attached hydrogens (tertiary/aromatic N) is 4. The maximum atomic E-state index is 11.8. The average molecular weight is 422 g/mol. The van der Waals surface area contributed by atoms with E-state index in [0.717, 1.165) is 23.1 Å². The maximum absolute atomic E-state index is 11.8.